The third kappa shape index (κ3) is 3.44. The molecular weight excluding hydrogens is 342 g/mol. The van der Waals surface area contributed by atoms with Crippen LogP contribution < -0.4 is 0 Å². The van der Waals surface area contributed by atoms with Gasteiger partial charge in [0.25, 0.3) is 0 Å². The zero-order valence-electron chi connectivity index (χ0n) is 14.5. The fourth-order valence-corrected chi connectivity index (χ4v) is 4.07. The van der Waals surface area contributed by atoms with Gasteiger partial charge in [0.1, 0.15) is 0 Å². The molecule has 0 saturated carbocycles. The minimum absolute atomic E-state index is 0.119. The quantitative estimate of drug-likeness (QED) is 0.808. The van der Waals surface area contributed by atoms with Gasteiger partial charge in [0.15, 0.2) is 15.7 Å². The summed E-state index contributed by atoms with van der Waals surface area (Å²) in [5.41, 5.74) is 0.495. The van der Waals surface area contributed by atoms with Crippen molar-refractivity contribution in [1.82, 2.24) is 25.1 Å². The monoisotopic (exact) mass is 365 g/mol. The molecule has 9 heteroatoms. The molecule has 1 aliphatic rings. The Bertz CT molecular complexity index is 828. The maximum absolute atomic E-state index is 11.6. The normalized spacial score (nSPS) is 21.7. The second-order valence-electron chi connectivity index (χ2n) is 6.53. The maximum atomic E-state index is 11.6. The van der Waals surface area contributed by atoms with Crippen molar-refractivity contribution in [3.05, 3.63) is 30.1 Å². The second kappa shape index (κ2) is 6.81. The number of hydrogen-bond acceptors (Lipinski definition) is 7. The molecule has 0 spiro atoms. The van der Waals surface area contributed by atoms with Crippen LogP contribution >= 0.6 is 0 Å². The molecule has 3 rings (SSSR count). The van der Waals surface area contributed by atoms with Crippen LogP contribution in [0.2, 0.25) is 0 Å². The van der Waals surface area contributed by atoms with Gasteiger partial charge in [-0.15, -0.1) is 5.10 Å². The third-order valence-electron chi connectivity index (χ3n) is 5.07. The Morgan fingerprint density at radius 3 is 2.60 bits per heavy atom. The Kier molecular flexibility index (Phi) is 4.90. The molecule has 1 unspecified atom stereocenters. The number of nitrogens with zero attached hydrogens (tertiary/aromatic N) is 5. The summed E-state index contributed by atoms with van der Waals surface area (Å²) in [5.74, 6) is 0.667. The summed E-state index contributed by atoms with van der Waals surface area (Å²) < 4.78 is 24.8. The van der Waals surface area contributed by atoms with Gasteiger partial charge in [0.2, 0.25) is 0 Å². The smallest absolute Gasteiger partial charge is 0.175 e. The van der Waals surface area contributed by atoms with Crippen molar-refractivity contribution in [2.24, 2.45) is 0 Å². The molecule has 1 fully saturated rings. The first-order valence-electron chi connectivity index (χ1n) is 8.33. The molecule has 8 nitrogen and oxygen atoms in total. The molecule has 136 valence electrons. The number of tetrazole rings is 1. The Balaban J connectivity index is 1.86. The fourth-order valence-electron chi connectivity index (χ4n) is 3.44. The lowest BCUT2D eigenvalue weighted by molar-refractivity contribution is 0.0526. The van der Waals surface area contributed by atoms with Crippen molar-refractivity contribution in [3.63, 3.8) is 0 Å². The minimum Gasteiger partial charge on any atom is -0.394 e. The molecule has 1 aromatic carbocycles. The molecule has 1 N–H and O–H groups in total. The first-order valence-corrected chi connectivity index (χ1v) is 10.2. The molecule has 1 aromatic heterocycles. The van der Waals surface area contributed by atoms with Crippen LogP contribution in [0, 0.1) is 0 Å². The van der Waals surface area contributed by atoms with Crippen LogP contribution in [0.25, 0.3) is 5.69 Å². The van der Waals surface area contributed by atoms with E-state index >= 15 is 0 Å². The molecule has 0 amide bonds. The second-order valence-corrected chi connectivity index (χ2v) is 8.55. The van der Waals surface area contributed by atoms with Crippen LogP contribution in [0.15, 0.2) is 29.2 Å². The Labute approximate surface area is 147 Å². The first kappa shape index (κ1) is 18.0. The zero-order valence-corrected chi connectivity index (χ0v) is 15.3. The van der Waals surface area contributed by atoms with Crippen molar-refractivity contribution >= 4 is 9.84 Å². The fraction of sp³-hybridized carbons (Fsp3) is 0.562. The SMILES string of the molecule is CCC1(CO)CCCN1Cc1nnnn1-c1ccc(S(C)(=O)=O)cc1. The first-order chi connectivity index (χ1) is 11.9. The lowest BCUT2D eigenvalue weighted by Crippen LogP contribution is -2.46. The molecule has 2 heterocycles. The molecule has 1 saturated heterocycles. The molecule has 25 heavy (non-hydrogen) atoms. The van der Waals surface area contributed by atoms with E-state index in [0.29, 0.717) is 18.1 Å². The topological polar surface area (TPSA) is 101 Å². The average molecular weight is 365 g/mol. The van der Waals surface area contributed by atoms with E-state index in [1.54, 1.807) is 28.9 Å². The van der Waals surface area contributed by atoms with Gasteiger partial charge >= 0.3 is 0 Å². The van der Waals surface area contributed by atoms with Gasteiger partial charge in [0.05, 0.1) is 23.7 Å². The molecule has 0 aliphatic carbocycles. The number of benzene rings is 1. The van der Waals surface area contributed by atoms with E-state index in [2.05, 4.69) is 27.3 Å². The van der Waals surface area contributed by atoms with E-state index in [-0.39, 0.29) is 17.0 Å². The van der Waals surface area contributed by atoms with Gasteiger partial charge in [-0.2, -0.15) is 4.68 Å². The third-order valence-corrected chi connectivity index (χ3v) is 6.20. The van der Waals surface area contributed by atoms with Crippen LogP contribution in [0.3, 0.4) is 0 Å². The van der Waals surface area contributed by atoms with Crippen LogP contribution in [-0.2, 0) is 16.4 Å². The van der Waals surface area contributed by atoms with E-state index in [1.807, 2.05) is 0 Å². The number of aliphatic hydroxyl groups excluding tert-OH is 1. The molecule has 1 atom stereocenters. The van der Waals surface area contributed by atoms with E-state index in [9.17, 15) is 13.5 Å². The van der Waals surface area contributed by atoms with Gasteiger partial charge in [-0.1, -0.05) is 6.92 Å². The number of rotatable bonds is 6. The minimum atomic E-state index is -3.24. The Morgan fingerprint density at radius 2 is 2.00 bits per heavy atom. The predicted molar refractivity (Wildman–Crippen MR) is 92.0 cm³/mol. The standard InChI is InChI=1S/C16H23N5O3S/c1-3-16(12-22)9-4-10-20(16)11-15-17-18-19-21(15)13-5-7-14(8-6-13)25(2,23)24/h5-8,22H,3-4,9-12H2,1-2H3. The molecule has 0 radical (unpaired) electrons. The Morgan fingerprint density at radius 1 is 1.28 bits per heavy atom. The number of hydrogen-bond donors (Lipinski definition) is 1. The Hall–Kier alpha value is -1.84. The average Bonchev–Trinajstić information content (AvgIpc) is 3.22. The van der Waals surface area contributed by atoms with Crippen molar-refractivity contribution < 1.29 is 13.5 Å². The van der Waals surface area contributed by atoms with Gasteiger partial charge in [-0.25, -0.2) is 8.42 Å². The van der Waals surface area contributed by atoms with Crippen LogP contribution in [0.4, 0.5) is 0 Å². The summed E-state index contributed by atoms with van der Waals surface area (Å²) in [6.07, 6.45) is 4.05. The zero-order chi connectivity index (χ0) is 18.1. The highest BCUT2D eigenvalue weighted by atomic mass is 32.2. The predicted octanol–water partition coefficient (Wildman–Crippen LogP) is 0.803. The summed E-state index contributed by atoms with van der Waals surface area (Å²) in [5, 5.41) is 21.8. The van der Waals surface area contributed by atoms with Crippen molar-refractivity contribution in [2.75, 3.05) is 19.4 Å². The number of aliphatic hydroxyl groups is 1. The number of sulfone groups is 1. The molecule has 1 aliphatic heterocycles. The van der Waals surface area contributed by atoms with Gasteiger partial charge in [0, 0.05) is 11.8 Å². The van der Waals surface area contributed by atoms with Crippen LogP contribution in [0.5, 0.6) is 0 Å². The van der Waals surface area contributed by atoms with Crippen molar-refractivity contribution in [1.29, 1.82) is 0 Å². The van der Waals surface area contributed by atoms with E-state index in [0.717, 1.165) is 25.8 Å². The molecular formula is C16H23N5O3S. The number of likely N-dealkylation sites (tertiary alicyclic amines) is 1. The lowest BCUT2D eigenvalue weighted by Gasteiger charge is -2.35. The highest BCUT2D eigenvalue weighted by Crippen LogP contribution is 2.33. The molecule has 2 aromatic rings. The maximum Gasteiger partial charge on any atom is 0.175 e. The lowest BCUT2D eigenvalue weighted by atomic mass is 9.94. The van der Waals surface area contributed by atoms with Gasteiger partial charge in [-0.05, 0) is 60.5 Å². The largest absolute Gasteiger partial charge is 0.394 e. The van der Waals surface area contributed by atoms with Crippen LogP contribution in [-0.4, -0.2) is 63.6 Å². The highest BCUT2D eigenvalue weighted by molar-refractivity contribution is 7.90. The van der Waals surface area contributed by atoms with Crippen LogP contribution in [0.1, 0.15) is 32.0 Å². The van der Waals surface area contributed by atoms with E-state index < -0.39 is 9.84 Å². The summed E-state index contributed by atoms with van der Waals surface area (Å²) in [6, 6.07) is 6.49. The summed E-state index contributed by atoms with van der Waals surface area (Å²) in [6.45, 7) is 3.64. The van der Waals surface area contributed by atoms with Gasteiger partial charge in [-0.3, -0.25) is 4.90 Å². The molecule has 0 bridgehead atoms. The number of aromatic nitrogens is 4. The van der Waals surface area contributed by atoms with E-state index in [1.165, 1.54) is 6.26 Å². The van der Waals surface area contributed by atoms with Crippen molar-refractivity contribution in [2.45, 2.75) is 43.2 Å². The highest BCUT2D eigenvalue weighted by Gasteiger charge is 2.39. The van der Waals surface area contributed by atoms with E-state index in [4.69, 9.17) is 0 Å². The summed E-state index contributed by atoms with van der Waals surface area (Å²) in [7, 11) is -3.24. The van der Waals surface area contributed by atoms with Gasteiger partial charge < -0.3 is 5.11 Å². The summed E-state index contributed by atoms with van der Waals surface area (Å²) >= 11 is 0. The summed E-state index contributed by atoms with van der Waals surface area (Å²) in [4.78, 5) is 2.50. The van der Waals surface area contributed by atoms with Crippen molar-refractivity contribution in [3.8, 4) is 5.69 Å².